The van der Waals surface area contributed by atoms with Crippen LogP contribution in [0.15, 0.2) is 24.3 Å². The number of esters is 1. The van der Waals surface area contributed by atoms with Gasteiger partial charge in [0, 0.05) is 25.1 Å². The van der Waals surface area contributed by atoms with E-state index in [4.69, 9.17) is 14.2 Å². The fraction of sp³-hybridized carbons (Fsp3) is 0.588. The van der Waals surface area contributed by atoms with Crippen molar-refractivity contribution in [1.82, 2.24) is 5.32 Å². The maximum absolute atomic E-state index is 14.3. The van der Waals surface area contributed by atoms with E-state index in [1.165, 1.54) is 13.2 Å². The highest BCUT2D eigenvalue weighted by Crippen LogP contribution is 2.43. The molecule has 0 radical (unpaired) electrons. The van der Waals surface area contributed by atoms with Crippen molar-refractivity contribution in [2.75, 3.05) is 21.0 Å². The zero-order valence-electron chi connectivity index (χ0n) is 13.3. The van der Waals surface area contributed by atoms with Crippen molar-refractivity contribution in [3.8, 4) is 0 Å². The van der Waals surface area contributed by atoms with Gasteiger partial charge in [0.1, 0.15) is 12.6 Å². The van der Waals surface area contributed by atoms with Crippen molar-refractivity contribution in [3.63, 3.8) is 0 Å². The normalized spacial score (nSPS) is 32.7. The lowest BCUT2D eigenvalue weighted by Crippen LogP contribution is -2.51. The van der Waals surface area contributed by atoms with Gasteiger partial charge in [0.25, 0.3) is 0 Å². The van der Waals surface area contributed by atoms with Crippen molar-refractivity contribution in [2.24, 2.45) is 5.92 Å². The second kappa shape index (κ2) is 6.95. The first-order valence-electron chi connectivity index (χ1n) is 7.84. The number of nitrogens with one attached hydrogen (secondary N) is 1. The van der Waals surface area contributed by atoms with Gasteiger partial charge in [-0.1, -0.05) is 18.2 Å². The molecule has 0 amide bonds. The molecule has 0 aromatic heterocycles. The highest BCUT2D eigenvalue weighted by Gasteiger charge is 2.52. The fourth-order valence-corrected chi connectivity index (χ4v) is 3.95. The Balaban J connectivity index is 1.91. The molecule has 3 unspecified atom stereocenters. The lowest BCUT2D eigenvalue weighted by molar-refractivity contribution is -0.151. The average molecular weight is 323 g/mol. The molecule has 2 aliphatic rings. The third-order valence-electron chi connectivity index (χ3n) is 4.88. The Labute approximate surface area is 135 Å². The van der Waals surface area contributed by atoms with E-state index >= 15 is 0 Å². The molecule has 2 fully saturated rings. The van der Waals surface area contributed by atoms with Gasteiger partial charge in [-0.15, -0.1) is 0 Å². The number of hydrogen-bond donors (Lipinski definition) is 1. The van der Waals surface area contributed by atoms with Crippen LogP contribution in [0.2, 0.25) is 0 Å². The van der Waals surface area contributed by atoms with E-state index in [1.54, 1.807) is 25.3 Å². The van der Waals surface area contributed by atoms with Crippen LogP contribution < -0.4 is 5.32 Å². The quantitative estimate of drug-likeness (QED) is 0.662. The van der Waals surface area contributed by atoms with Crippen molar-refractivity contribution in [1.29, 1.82) is 0 Å². The van der Waals surface area contributed by atoms with Gasteiger partial charge in [-0.25, -0.2) is 4.39 Å². The largest absolute Gasteiger partial charge is 0.469 e. The molecular weight excluding hydrogens is 301 g/mol. The van der Waals surface area contributed by atoms with E-state index < -0.39 is 5.92 Å². The Morgan fingerprint density at radius 3 is 2.78 bits per heavy atom. The molecule has 3 rings (SSSR count). The highest BCUT2D eigenvalue weighted by atomic mass is 19.1. The van der Waals surface area contributed by atoms with Gasteiger partial charge in [-0.05, 0) is 24.5 Å². The molecule has 6 heteroatoms. The zero-order chi connectivity index (χ0) is 16.4. The molecule has 2 bridgehead atoms. The minimum absolute atomic E-state index is 0.138. The molecule has 1 N–H and O–H groups in total. The first-order valence-corrected chi connectivity index (χ1v) is 7.84. The molecule has 0 aliphatic carbocycles. The van der Waals surface area contributed by atoms with Crippen LogP contribution >= 0.6 is 0 Å². The van der Waals surface area contributed by atoms with E-state index in [0.29, 0.717) is 12.0 Å². The molecular formula is C17H22FNO4. The Morgan fingerprint density at radius 2 is 2.09 bits per heavy atom. The van der Waals surface area contributed by atoms with Gasteiger partial charge >= 0.3 is 5.97 Å². The van der Waals surface area contributed by atoms with Gasteiger partial charge in [0.15, 0.2) is 0 Å². The van der Waals surface area contributed by atoms with Crippen molar-refractivity contribution >= 4 is 5.97 Å². The Hall–Kier alpha value is -1.50. The standard InChI is InChI=1S/C17H22FNO4/c1-21-9-23-14-8-10-7-12(11-5-3-4-6-13(11)18)15(16(14)19-10)17(20)22-2/h3-6,10,12,14-16,19H,7-9H2,1-2H3/t10?,12-,14?,15-,16?/m0/s1. The summed E-state index contributed by atoms with van der Waals surface area (Å²) >= 11 is 0. The molecule has 0 spiro atoms. The Bertz CT molecular complexity index is 567. The average Bonchev–Trinajstić information content (AvgIpc) is 2.88. The molecule has 2 heterocycles. The zero-order valence-corrected chi connectivity index (χ0v) is 13.3. The summed E-state index contributed by atoms with van der Waals surface area (Å²) in [7, 11) is 2.93. The van der Waals surface area contributed by atoms with Crippen LogP contribution in [0.4, 0.5) is 4.39 Å². The molecule has 2 aliphatic heterocycles. The van der Waals surface area contributed by atoms with Crippen LogP contribution in [0, 0.1) is 11.7 Å². The van der Waals surface area contributed by atoms with Crippen LogP contribution in [0.3, 0.4) is 0 Å². The molecule has 5 nitrogen and oxygen atoms in total. The minimum Gasteiger partial charge on any atom is -0.469 e. The minimum atomic E-state index is -0.475. The van der Waals surface area contributed by atoms with E-state index in [9.17, 15) is 9.18 Å². The number of hydrogen-bond acceptors (Lipinski definition) is 5. The molecule has 0 saturated carbocycles. The van der Waals surface area contributed by atoms with Gasteiger partial charge in [-0.3, -0.25) is 4.79 Å². The third-order valence-corrected chi connectivity index (χ3v) is 4.88. The second-order valence-corrected chi connectivity index (χ2v) is 6.15. The number of halogens is 1. The lowest BCUT2D eigenvalue weighted by atomic mass is 9.76. The Morgan fingerprint density at radius 1 is 1.30 bits per heavy atom. The lowest BCUT2D eigenvalue weighted by Gasteiger charge is -2.37. The summed E-state index contributed by atoms with van der Waals surface area (Å²) in [5.74, 6) is -1.29. The summed E-state index contributed by atoms with van der Waals surface area (Å²) in [6.07, 6.45) is 1.33. The number of ether oxygens (including phenoxy) is 3. The summed E-state index contributed by atoms with van der Waals surface area (Å²) in [4.78, 5) is 12.4. The van der Waals surface area contributed by atoms with Gasteiger partial charge < -0.3 is 19.5 Å². The van der Waals surface area contributed by atoms with Gasteiger partial charge in [-0.2, -0.15) is 0 Å². The fourth-order valence-electron chi connectivity index (χ4n) is 3.95. The predicted molar refractivity (Wildman–Crippen MR) is 81.3 cm³/mol. The summed E-state index contributed by atoms with van der Waals surface area (Å²) in [5, 5.41) is 3.43. The summed E-state index contributed by atoms with van der Waals surface area (Å²) in [6, 6.07) is 6.66. The number of rotatable bonds is 5. The maximum atomic E-state index is 14.3. The van der Waals surface area contributed by atoms with Crippen LogP contribution in [0.5, 0.6) is 0 Å². The molecule has 23 heavy (non-hydrogen) atoms. The van der Waals surface area contributed by atoms with Crippen molar-refractivity contribution < 1.29 is 23.4 Å². The monoisotopic (exact) mass is 323 g/mol. The number of benzene rings is 1. The van der Waals surface area contributed by atoms with Crippen LogP contribution in [-0.2, 0) is 19.0 Å². The summed E-state index contributed by atoms with van der Waals surface area (Å²) in [6.45, 7) is 0.174. The number of piperidine rings is 1. The number of methoxy groups -OCH3 is 2. The number of carbonyl (C=O) groups excluding carboxylic acids is 1. The van der Waals surface area contributed by atoms with Crippen molar-refractivity contribution in [3.05, 3.63) is 35.6 Å². The van der Waals surface area contributed by atoms with Crippen LogP contribution in [0.25, 0.3) is 0 Å². The Kier molecular flexibility index (Phi) is 4.94. The molecule has 1 aromatic rings. The molecule has 2 saturated heterocycles. The van der Waals surface area contributed by atoms with Crippen LogP contribution in [0.1, 0.15) is 24.3 Å². The molecule has 5 atom stereocenters. The summed E-state index contributed by atoms with van der Waals surface area (Å²) in [5.41, 5.74) is 0.576. The number of fused-ring (bicyclic) bond motifs is 2. The van der Waals surface area contributed by atoms with E-state index in [-0.39, 0.29) is 42.7 Å². The van der Waals surface area contributed by atoms with E-state index in [2.05, 4.69) is 5.32 Å². The summed E-state index contributed by atoms with van der Waals surface area (Å²) < 4.78 is 30.0. The predicted octanol–water partition coefficient (Wildman–Crippen LogP) is 1.82. The number of carbonyl (C=O) groups is 1. The van der Waals surface area contributed by atoms with Gasteiger partial charge in [0.05, 0.1) is 19.1 Å². The first-order chi connectivity index (χ1) is 11.2. The third kappa shape index (κ3) is 3.11. The topological polar surface area (TPSA) is 56.8 Å². The van der Waals surface area contributed by atoms with Crippen LogP contribution in [-0.4, -0.2) is 45.2 Å². The van der Waals surface area contributed by atoms with E-state index in [1.807, 2.05) is 0 Å². The second-order valence-electron chi connectivity index (χ2n) is 6.15. The van der Waals surface area contributed by atoms with Crippen molar-refractivity contribution in [2.45, 2.75) is 36.9 Å². The van der Waals surface area contributed by atoms with E-state index in [0.717, 1.165) is 6.42 Å². The molecule has 1 aromatic carbocycles. The smallest absolute Gasteiger partial charge is 0.310 e. The van der Waals surface area contributed by atoms with Gasteiger partial charge in [0.2, 0.25) is 0 Å². The first kappa shape index (κ1) is 16.4. The maximum Gasteiger partial charge on any atom is 0.310 e. The highest BCUT2D eigenvalue weighted by molar-refractivity contribution is 5.75. The SMILES string of the molecule is COCOC1CC2C[C@@H](c3ccccc3F)[C@H](C(=O)OC)C1N2. The molecule has 126 valence electrons.